The van der Waals surface area contributed by atoms with Gasteiger partial charge in [0.1, 0.15) is 5.75 Å². The smallest absolute Gasteiger partial charge is 0.343 e. The van der Waals surface area contributed by atoms with Gasteiger partial charge in [-0.05, 0) is 60.2 Å². The Hall–Kier alpha value is -3.07. The summed E-state index contributed by atoms with van der Waals surface area (Å²) in [6.45, 7) is 0. The topological polar surface area (TPSA) is 82.6 Å². The number of hydrogen-bond acceptors (Lipinski definition) is 7. The molecule has 1 heterocycles. The van der Waals surface area contributed by atoms with E-state index in [9.17, 15) is 14.9 Å². The SMILES string of the molecule is O=C(Oc1cc(-c2ccc([N+](=O)[O-])cc2)c2oc(=S)sc2c1)c1ccc(Cl)cc1. The van der Waals surface area contributed by atoms with E-state index in [-0.39, 0.29) is 5.69 Å². The van der Waals surface area contributed by atoms with E-state index in [1.165, 1.54) is 23.5 Å². The monoisotopic (exact) mass is 443 g/mol. The summed E-state index contributed by atoms with van der Waals surface area (Å²) in [6.07, 6.45) is 0. The zero-order valence-corrected chi connectivity index (χ0v) is 16.8. The van der Waals surface area contributed by atoms with Gasteiger partial charge in [-0.15, -0.1) is 0 Å². The van der Waals surface area contributed by atoms with Gasteiger partial charge in [0.25, 0.3) is 5.69 Å². The highest BCUT2D eigenvalue weighted by Crippen LogP contribution is 2.37. The van der Waals surface area contributed by atoms with Crippen molar-refractivity contribution in [1.82, 2.24) is 0 Å². The van der Waals surface area contributed by atoms with Crippen LogP contribution in [0.3, 0.4) is 0 Å². The van der Waals surface area contributed by atoms with Crippen molar-refractivity contribution in [1.29, 1.82) is 0 Å². The zero-order chi connectivity index (χ0) is 20.5. The molecule has 1 aromatic heterocycles. The van der Waals surface area contributed by atoms with Gasteiger partial charge in [-0.2, -0.15) is 0 Å². The molecular formula is C20H10ClNO5S2. The van der Waals surface area contributed by atoms with E-state index in [1.807, 2.05) is 0 Å². The van der Waals surface area contributed by atoms with Gasteiger partial charge < -0.3 is 9.15 Å². The highest BCUT2D eigenvalue weighted by Gasteiger charge is 2.16. The lowest BCUT2D eigenvalue weighted by Gasteiger charge is -2.08. The van der Waals surface area contributed by atoms with E-state index in [0.717, 1.165) is 0 Å². The Morgan fingerprint density at radius 2 is 1.79 bits per heavy atom. The number of esters is 1. The number of rotatable bonds is 4. The minimum atomic E-state index is -0.539. The number of nitrogens with zero attached hydrogens (tertiary/aromatic N) is 1. The van der Waals surface area contributed by atoms with E-state index < -0.39 is 10.9 Å². The van der Waals surface area contributed by atoms with Crippen LogP contribution in [0.2, 0.25) is 5.02 Å². The van der Waals surface area contributed by atoms with Crippen LogP contribution in [0.4, 0.5) is 5.69 Å². The predicted octanol–water partition coefficient (Wildman–Crippen LogP) is 6.67. The maximum Gasteiger partial charge on any atom is 0.343 e. The molecule has 29 heavy (non-hydrogen) atoms. The zero-order valence-electron chi connectivity index (χ0n) is 14.5. The minimum absolute atomic E-state index is 0.0264. The van der Waals surface area contributed by atoms with E-state index in [0.29, 0.717) is 41.8 Å². The van der Waals surface area contributed by atoms with Crippen LogP contribution >= 0.6 is 35.2 Å². The molecule has 0 saturated heterocycles. The molecule has 0 amide bonds. The van der Waals surface area contributed by atoms with Gasteiger partial charge in [0.2, 0.25) is 4.02 Å². The van der Waals surface area contributed by atoms with E-state index in [4.69, 9.17) is 33.0 Å². The largest absolute Gasteiger partial charge is 0.435 e. The van der Waals surface area contributed by atoms with Gasteiger partial charge >= 0.3 is 5.97 Å². The minimum Gasteiger partial charge on any atom is -0.435 e. The van der Waals surface area contributed by atoms with Crippen molar-refractivity contribution in [2.75, 3.05) is 0 Å². The normalized spacial score (nSPS) is 10.8. The number of nitro groups is 1. The molecule has 0 aliphatic rings. The Morgan fingerprint density at radius 1 is 1.10 bits per heavy atom. The molecule has 0 spiro atoms. The van der Waals surface area contributed by atoms with Crippen molar-refractivity contribution in [2.24, 2.45) is 0 Å². The lowest BCUT2D eigenvalue weighted by Crippen LogP contribution is -2.08. The summed E-state index contributed by atoms with van der Waals surface area (Å²) in [5.74, 6) is -0.236. The molecule has 0 radical (unpaired) electrons. The van der Waals surface area contributed by atoms with Crippen molar-refractivity contribution in [3.05, 3.63) is 85.4 Å². The number of benzene rings is 3. The quantitative estimate of drug-likeness (QED) is 0.115. The standard InChI is InChI=1S/C20H10ClNO5S2/c21-13-5-1-12(2-6-13)19(23)26-15-9-16(18-17(10-15)29-20(28)27-18)11-3-7-14(8-4-11)22(24)25/h1-10H. The van der Waals surface area contributed by atoms with Crippen LogP contribution < -0.4 is 4.74 Å². The molecular weight excluding hydrogens is 434 g/mol. The second-order valence-corrected chi connectivity index (χ2v) is 8.03. The molecule has 0 atom stereocenters. The van der Waals surface area contributed by atoms with Crippen molar-refractivity contribution < 1.29 is 18.9 Å². The van der Waals surface area contributed by atoms with Gasteiger partial charge in [0.05, 0.1) is 15.2 Å². The van der Waals surface area contributed by atoms with E-state index >= 15 is 0 Å². The molecule has 0 aliphatic heterocycles. The van der Waals surface area contributed by atoms with Crippen molar-refractivity contribution >= 4 is 57.1 Å². The third-order valence-corrected chi connectivity index (χ3v) is 5.45. The van der Waals surface area contributed by atoms with Crippen LogP contribution in [0.25, 0.3) is 21.4 Å². The Balaban J connectivity index is 1.76. The van der Waals surface area contributed by atoms with E-state index in [2.05, 4.69) is 0 Å². The Bertz CT molecular complexity index is 1290. The lowest BCUT2D eigenvalue weighted by atomic mass is 10.0. The van der Waals surface area contributed by atoms with Gasteiger partial charge in [-0.25, -0.2) is 4.79 Å². The second-order valence-electron chi connectivity index (χ2n) is 5.95. The highest BCUT2D eigenvalue weighted by atomic mass is 35.5. The van der Waals surface area contributed by atoms with Crippen molar-refractivity contribution in [3.8, 4) is 16.9 Å². The first kappa shape index (κ1) is 19.3. The van der Waals surface area contributed by atoms with Gasteiger partial charge in [-0.1, -0.05) is 22.9 Å². The predicted molar refractivity (Wildman–Crippen MR) is 113 cm³/mol. The van der Waals surface area contributed by atoms with Crippen LogP contribution in [0.1, 0.15) is 10.4 Å². The summed E-state index contributed by atoms with van der Waals surface area (Å²) in [6, 6.07) is 15.7. The number of halogens is 1. The number of non-ortho nitro benzene ring substituents is 1. The molecule has 6 nitrogen and oxygen atoms in total. The molecule has 3 aromatic carbocycles. The fraction of sp³-hybridized carbons (Fsp3) is 0. The van der Waals surface area contributed by atoms with Crippen LogP contribution in [0, 0.1) is 14.1 Å². The van der Waals surface area contributed by atoms with Crippen molar-refractivity contribution in [2.45, 2.75) is 0 Å². The molecule has 0 unspecified atom stereocenters. The number of carbonyl (C=O) groups excluding carboxylic acids is 1. The molecule has 9 heteroatoms. The Labute approximate surface area is 178 Å². The maximum atomic E-state index is 12.5. The number of fused-ring (bicyclic) bond motifs is 1. The molecule has 0 aliphatic carbocycles. The lowest BCUT2D eigenvalue weighted by molar-refractivity contribution is -0.384. The third kappa shape index (κ3) is 4.04. The molecule has 4 aromatic rings. The van der Waals surface area contributed by atoms with Crippen LogP contribution in [-0.2, 0) is 0 Å². The van der Waals surface area contributed by atoms with Gasteiger partial charge in [0, 0.05) is 28.8 Å². The van der Waals surface area contributed by atoms with Crippen molar-refractivity contribution in [3.63, 3.8) is 0 Å². The number of carbonyl (C=O) groups is 1. The molecule has 0 saturated carbocycles. The molecule has 4 rings (SSSR count). The van der Waals surface area contributed by atoms with Crippen LogP contribution in [-0.4, -0.2) is 10.9 Å². The molecule has 144 valence electrons. The van der Waals surface area contributed by atoms with E-state index in [1.54, 1.807) is 48.5 Å². The van der Waals surface area contributed by atoms with Gasteiger partial charge in [-0.3, -0.25) is 10.1 Å². The first-order chi connectivity index (χ1) is 13.9. The summed E-state index contributed by atoms with van der Waals surface area (Å²) in [5, 5.41) is 11.4. The van der Waals surface area contributed by atoms with Gasteiger partial charge in [0.15, 0.2) is 5.58 Å². The fourth-order valence-electron chi connectivity index (χ4n) is 2.74. The summed E-state index contributed by atoms with van der Waals surface area (Å²) in [4.78, 5) is 22.9. The number of nitro benzene ring substituents is 1. The summed E-state index contributed by atoms with van der Waals surface area (Å²) < 4.78 is 12.2. The third-order valence-electron chi connectivity index (χ3n) is 4.09. The molecule has 0 N–H and O–H groups in total. The first-order valence-electron chi connectivity index (χ1n) is 8.21. The Morgan fingerprint density at radius 3 is 2.45 bits per heavy atom. The Kier molecular flexibility index (Phi) is 5.14. The number of ether oxygens (including phenoxy) is 1. The summed E-state index contributed by atoms with van der Waals surface area (Å²) >= 11 is 12.2. The molecule has 0 fully saturated rings. The van der Waals surface area contributed by atoms with Crippen LogP contribution in [0.5, 0.6) is 5.75 Å². The number of hydrogen-bond donors (Lipinski definition) is 0. The maximum absolute atomic E-state index is 12.5. The van der Waals surface area contributed by atoms with Crippen LogP contribution in [0.15, 0.2) is 65.1 Å². The second kappa shape index (κ2) is 7.75. The summed E-state index contributed by atoms with van der Waals surface area (Å²) in [5.41, 5.74) is 2.14. The summed E-state index contributed by atoms with van der Waals surface area (Å²) in [7, 11) is 0. The first-order valence-corrected chi connectivity index (χ1v) is 9.81. The average Bonchev–Trinajstić information content (AvgIpc) is 3.08. The molecule has 0 bridgehead atoms. The highest BCUT2D eigenvalue weighted by molar-refractivity contribution is 7.73. The fourth-order valence-corrected chi connectivity index (χ4v) is 3.94. The average molecular weight is 444 g/mol.